The summed E-state index contributed by atoms with van der Waals surface area (Å²) < 4.78 is 10.7. The minimum Gasteiger partial charge on any atom is -0.490 e. The van der Waals surface area contributed by atoms with Crippen LogP contribution in [0.2, 0.25) is 5.15 Å². The first-order chi connectivity index (χ1) is 8.63. The minimum absolute atomic E-state index is 0.230. The molecule has 1 saturated heterocycles. The van der Waals surface area contributed by atoms with Crippen molar-refractivity contribution in [3.63, 3.8) is 0 Å². The van der Waals surface area contributed by atoms with Crippen LogP contribution in [0.3, 0.4) is 0 Å². The normalized spacial score (nSPS) is 16.2. The highest BCUT2D eigenvalue weighted by molar-refractivity contribution is 6.31. The molecular formula is C12H18ClN3O2. The third-order valence-electron chi connectivity index (χ3n) is 2.85. The van der Waals surface area contributed by atoms with Crippen LogP contribution in [0.15, 0.2) is 0 Å². The van der Waals surface area contributed by atoms with E-state index >= 15 is 0 Å². The van der Waals surface area contributed by atoms with E-state index in [-0.39, 0.29) is 5.92 Å². The lowest BCUT2D eigenvalue weighted by atomic mass is 10.2. The number of ether oxygens (including phenoxy) is 2. The van der Waals surface area contributed by atoms with Gasteiger partial charge in [-0.3, -0.25) is 0 Å². The Morgan fingerprint density at radius 1 is 1.28 bits per heavy atom. The summed E-state index contributed by atoms with van der Waals surface area (Å²) in [7, 11) is 1.59. The average Bonchev–Trinajstić information content (AvgIpc) is 2.38. The maximum absolute atomic E-state index is 6.16. The largest absolute Gasteiger partial charge is 0.490 e. The molecule has 0 atom stereocenters. The molecule has 0 N–H and O–H groups in total. The molecular weight excluding hydrogens is 254 g/mol. The van der Waals surface area contributed by atoms with E-state index in [0.717, 1.165) is 24.7 Å². The summed E-state index contributed by atoms with van der Waals surface area (Å²) in [5.41, 5.74) is 0. The molecule has 1 fully saturated rings. The molecule has 1 aromatic heterocycles. The number of hydrogen-bond donors (Lipinski definition) is 0. The van der Waals surface area contributed by atoms with Gasteiger partial charge in [-0.2, -0.15) is 0 Å². The molecule has 0 saturated carbocycles. The SMILES string of the molecule is COc1c(Cl)nc(C(C)C)nc1N1CCOCC1. The van der Waals surface area contributed by atoms with Gasteiger partial charge in [-0.05, 0) is 0 Å². The van der Waals surface area contributed by atoms with Crippen LogP contribution in [0.25, 0.3) is 0 Å². The van der Waals surface area contributed by atoms with Gasteiger partial charge in [-0.25, -0.2) is 9.97 Å². The monoisotopic (exact) mass is 271 g/mol. The van der Waals surface area contributed by atoms with Gasteiger partial charge in [-0.15, -0.1) is 0 Å². The molecule has 1 aromatic rings. The highest BCUT2D eigenvalue weighted by Crippen LogP contribution is 2.34. The number of methoxy groups -OCH3 is 1. The number of morpholine rings is 1. The maximum Gasteiger partial charge on any atom is 0.199 e. The van der Waals surface area contributed by atoms with Gasteiger partial charge < -0.3 is 14.4 Å². The van der Waals surface area contributed by atoms with E-state index in [1.807, 2.05) is 13.8 Å². The number of nitrogens with zero attached hydrogens (tertiary/aromatic N) is 3. The molecule has 1 aliphatic heterocycles. The van der Waals surface area contributed by atoms with Crippen molar-refractivity contribution in [1.82, 2.24) is 9.97 Å². The second-order valence-electron chi connectivity index (χ2n) is 4.48. The summed E-state index contributed by atoms with van der Waals surface area (Å²) in [5, 5.41) is 0.373. The van der Waals surface area contributed by atoms with Gasteiger partial charge in [0.05, 0.1) is 20.3 Å². The van der Waals surface area contributed by atoms with E-state index in [1.54, 1.807) is 7.11 Å². The van der Waals surface area contributed by atoms with Gasteiger partial charge in [-0.1, -0.05) is 25.4 Å². The van der Waals surface area contributed by atoms with Crippen LogP contribution in [0, 0.1) is 0 Å². The van der Waals surface area contributed by atoms with Gasteiger partial charge in [0, 0.05) is 19.0 Å². The van der Waals surface area contributed by atoms with Crippen molar-refractivity contribution in [2.24, 2.45) is 0 Å². The summed E-state index contributed by atoms with van der Waals surface area (Å²) in [5.74, 6) is 2.28. The fraction of sp³-hybridized carbons (Fsp3) is 0.667. The Morgan fingerprint density at radius 2 is 1.94 bits per heavy atom. The maximum atomic E-state index is 6.16. The van der Waals surface area contributed by atoms with Crippen LogP contribution in [-0.2, 0) is 4.74 Å². The van der Waals surface area contributed by atoms with E-state index in [4.69, 9.17) is 21.1 Å². The second kappa shape index (κ2) is 5.71. The first-order valence-electron chi connectivity index (χ1n) is 6.07. The van der Waals surface area contributed by atoms with Crippen molar-refractivity contribution in [3.8, 4) is 5.75 Å². The number of aromatic nitrogens is 2. The third-order valence-corrected chi connectivity index (χ3v) is 3.11. The fourth-order valence-electron chi connectivity index (χ4n) is 1.85. The van der Waals surface area contributed by atoms with Crippen LogP contribution in [0.1, 0.15) is 25.6 Å². The quantitative estimate of drug-likeness (QED) is 0.788. The van der Waals surface area contributed by atoms with Crippen molar-refractivity contribution in [2.75, 3.05) is 38.3 Å². The smallest absolute Gasteiger partial charge is 0.199 e. The van der Waals surface area contributed by atoms with Gasteiger partial charge in [0.15, 0.2) is 16.7 Å². The molecule has 18 heavy (non-hydrogen) atoms. The summed E-state index contributed by atoms with van der Waals surface area (Å²) >= 11 is 6.16. The first-order valence-corrected chi connectivity index (χ1v) is 6.45. The molecule has 0 aromatic carbocycles. The fourth-order valence-corrected chi connectivity index (χ4v) is 2.10. The van der Waals surface area contributed by atoms with Crippen LogP contribution >= 0.6 is 11.6 Å². The van der Waals surface area contributed by atoms with E-state index < -0.39 is 0 Å². The Morgan fingerprint density at radius 3 is 2.50 bits per heavy atom. The Balaban J connectivity index is 2.41. The number of halogens is 1. The summed E-state index contributed by atoms with van der Waals surface area (Å²) in [6.07, 6.45) is 0. The van der Waals surface area contributed by atoms with Gasteiger partial charge in [0.1, 0.15) is 5.82 Å². The third kappa shape index (κ3) is 2.67. The second-order valence-corrected chi connectivity index (χ2v) is 4.84. The molecule has 0 unspecified atom stereocenters. The lowest BCUT2D eigenvalue weighted by molar-refractivity contribution is 0.122. The van der Waals surface area contributed by atoms with Crippen LogP contribution < -0.4 is 9.64 Å². The molecule has 0 amide bonds. The Bertz CT molecular complexity index is 420. The Hall–Kier alpha value is -1.07. The molecule has 100 valence electrons. The molecule has 0 aliphatic carbocycles. The van der Waals surface area contributed by atoms with E-state index in [2.05, 4.69) is 14.9 Å². The predicted octanol–water partition coefficient (Wildman–Crippen LogP) is 2.10. The number of hydrogen-bond acceptors (Lipinski definition) is 5. The highest BCUT2D eigenvalue weighted by atomic mass is 35.5. The number of anilines is 1. The lowest BCUT2D eigenvalue weighted by Crippen LogP contribution is -2.37. The zero-order chi connectivity index (χ0) is 13.1. The Kier molecular flexibility index (Phi) is 4.24. The average molecular weight is 272 g/mol. The lowest BCUT2D eigenvalue weighted by Gasteiger charge is -2.29. The molecule has 2 heterocycles. The standard InChI is InChI=1S/C12H18ClN3O2/c1-8(2)11-14-10(13)9(17-3)12(15-11)16-4-6-18-7-5-16/h8H,4-7H2,1-3H3. The summed E-state index contributed by atoms with van der Waals surface area (Å²) in [6.45, 7) is 7.06. The summed E-state index contributed by atoms with van der Waals surface area (Å²) in [6, 6.07) is 0. The highest BCUT2D eigenvalue weighted by Gasteiger charge is 2.22. The van der Waals surface area contributed by atoms with E-state index in [0.29, 0.717) is 24.1 Å². The zero-order valence-corrected chi connectivity index (χ0v) is 11.7. The molecule has 0 radical (unpaired) electrons. The zero-order valence-electron chi connectivity index (χ0n) is 10.9. The van der Waals surface area contributed by atoms with Crippen molar-refractivity contribution >= 4 is 17.4 Å². The van der Waals surface area contributed by atoms with Crippen LogP contribution in [-0.4, -0.2) is 43.4 Å². The minimum atomic E-state index is 0.230. The Labute approximate surface area is 112 Å². The number of rotatable bonds is 3. The predicted molar refractivity (Wildman–Crippen MR) is 70.7 cm³/mol. The van der Waals surface area contributed by atoms with Crippen LogP contribution in [0.4, 0.5) is 5.82 Å². The van der Waals surface area contributed by atoms with Gasteiger partial charge in [0.2, 0.25) is 0 Å². The van der Waals surface area contributed by atoms with E-state index in [1.165, 1.54) is 0 Å². The van der Waals surface area contributed by atoms with Crippen molar-refractivity contribution in [1.29, 1.82) is 0 Å². The van der Waals surface area contributed by atoms with Crippen molar-refractivity contribution in [2.45, 2.75) is 19.8 Å². The molecule has 6 heteroatoms. The van der Waals surface area contributed by atoms with Gasteiger partial charge in [0.25, 0.3) is 0 Å². The van der Waals surface area contributed by atoms with Gasteiger partial charge >= 0.3 is 0 Å². The summed E-state index contributed by atoms with van der Waals surface area (Å²) in [4.78, 5) is 11.0. The molecule has 0 bridgehead atoms. The van der Waals surface area contributed by atoms with E-state index in [9.17, 15) is 0 Å². The molecule has 5 nitrogen and oxygen atoms in total. The van der Waals surface area contributed by atoms with Crippen LogP contribution in [0.5, 0.6) is 5.75 Å². The molecule has 2 rings (SSSR count). The van der Waals surface area contributed by atoms with Crippen molar-refractivity contribution in [3.05, 3.63) is 11.0 Å². The molecule has 1 aliphatic rings. The van der Waals surface area contributed by atoms with Crippen molar-refractivity contribution < 1.29 is 9.47 Å². The molecule has 0 spiro atoms. The topological polar surface area (TPSA) is 47.5 Å². The first kappa shape index (κ1) is 13.4.